The van der Waals surface area contributed by atoms with Gasteiger partial charge >= 0.3 is 0 Å². The highest BCUT2D eigenvalue weighted by Gasteiger charge is 2.26. The number of thiophene rings is 2. The molecule has 0 aromatic carbocycles. The number of carbonyl (C=O) groups excluding carboxylic acids is 1. The number of nitrogens with one attached hydrogen (secondary N) is 1. The van der Waals surface area contributed by atoms with Gasteiger partial charge in [-0.3, -0.25) is 15.1 Å². The van der Waals surface area contributed by atoms with Crippen molar-refractivity contribution < 1.29 is 4.79 Å². The van der Waals surface area contributed by atoms with Crippen LogP contribution in [0.3, 0.4) is 0 Å². The Balaban J connectivity index is 1.80. The summed E-state index contributed by atoms with van der Waals surface area (Å²) in [6.45, 7) is 4.07. The first-order valence-electron chi connectivity index (χ1n) is 6.58. The van der Waals surface area contributed by atoms with Crippen LogP contribution in [0.25, 0.3) is 0 Å². The lowest BCUT2D eigenvalue weighted by Crippen LogP contribution is -2.34. The fourth-order valence-electron chi connectivity index (χ4n) is 2.72. The van der Waals surface area contributed by atoms with Gasteiger partial charge in [-0.05, 0) is 47.4 Å². The summed E-state index contributed by atoms with van der Waals surface area (Å²) in [5.41, 5.74) is 4.71. The van der Waals surface area contributed by atoms with E-state index in [1.807, 2.05) is 22.8 Å². The van der Waals surface area contributed by atoms with Crippen molar-refractivity contribution in [3.8, 4) is 0 Å². The van der Waals surface area contributed by atoms with Crippen molar-refractivity contribution in [3.63, 3.8) is 0 Å². The molecule has 2 aromatic heterocycles. The summed E-state index contributed by atoms with van der Waals surface area (Å²) in [4.78, 5) is 16.4. The molecular formula is C14H17N3OS2. The molecule has 0 bridgehead atoms. The molecule has 1 atom stereocenters. The van der Waals surface area contributed by atoms with Crippen LogP contribution in [-0.2, 0) is 13.0 Å². The van der Waals surface area contributed by atoms with Gasteiger partial charge in [0.2, 0.25) is 0 Å². The molecule has 1 aliphatic heterocycles. The molecule has 0 saturated carbocycles. The highest BCUT2D eigenvalue weighted by molar-refractivity contribution is 7.12. The predicted octanol–water partition coefficient (Wildman–Crippen LogP) is 2.53. The van der Waals surface area contributed by atoms with Gasteiger partial charge in [0.25, 0.3) is 5.91 Å². The number of hydrazine groups is 1. The van der Waals surface area contributed by atoms with Crippen LogP contribution in [-0.4, -0.2) is 17.4 Å². The largest absolute Gasteiger partial charge is 0.292 e. The average molecular weight is 307 g/mol. The van der Waals surface area contributed by atoms with Gasteiger partial charge in [-0.25, -0.2) is 5.84 Å². The minimum absolute atomic E-state index is 0.198. The van der Waals surface area contributed by atoms with E-state index in [9.17, 15) is 4.79 Å². The molecule has 2 aromatic rings. The molecular weight excluding hydrogens is 290 g/mol. The van der Waals surface area contributed by atoms with Crippen LogP contribution in [0.2, 0.25) is 0 Å². The molecule has 0 saturated heterocycles. The SMILES string of the molecule is CC1c2ccsc2CCN1Cc1ccsc1C(=O)NN. The molecule has 3 rings (SSSR count). The van der Waals surface area contributed by atoms with Gasteiger partial charge in [-0.2, -0.15) is 0 Å². The molecule has 4 nitrogen and oxygen atoms in total. The number of fused-ring (bicyclic) bond motifs is 1. The lowest BCUT2D eigenvalue weighted by molar-refractivity contribution is 0.0955. The third-order valence-corrected chi connectivity index (χ3v) is 5.81. The van der Waals surface area contributed by atoms with E-state index in [1.54, 1.807) is 0 Å². The lowest BCUT2D eigenvalue weighted by atomic mass is 10.0. The minimum atomic E-state index is -0.198. The monoisotopic (exact) mass is 307 g/mol. The van der Waals surface area contributed by atoms with Crippen molar-refractivity contribution in [2.45, 2.75) is 25.9 Å². The topological polar surface area (TPSA) is 58.4 Å². The fraction of sp³-hybridized carbons (Fsp3) is 0.357. The number of hydrogen-bond acceptors (Lipinski definition) is 5. The number of hydrogen-bond donors (Lipinski definition) is 2. The zero-order chi connectivity index (χ0) is 14.1. The number of nitrogens with zero attached hydrogens (tertiary/aromatic N) is 1. The molecule has 20 heavy (non-hydrogen) atoms. The first-order chi connectivity index (χ1) is 9.70. The lowest BCUT2D eigenvalue weighted by Gasteiger charge is -2.33. The smallest absolute Gasteiger partial charge is 0.275 e. The summed E-state index contributed by atoms with van der Waals surface area (Å²) < 4.78 is 0. The van der Waals surface area contributed by atoms with Gasteiger partial charge in [0.05, 0.1) is 4.88 Å². The minimum Gasteiger partial charge on any atom is -0.292 e. The Morgan fingerprint density at radius 2 is 2.25 bits per heavy atom. The van der Waals surface area contributed by atoms with Crippen molar-refractivity contribution in [1.82, 2.24) is 10.3 Å². The summed E-state index contributed by atoms with van der Waals surface area (Å²) in [6, 6.07) is 4.64. The molecule has 3 heterocycles. The van der Waals surface area contributed by atoms with E-state index in [0.29, 0.717) is 6.04 Å². The van der Waals surface area contributed by atoms with Crippen LogP contribution in [0.1, 0.15) is 38.6 Å². The Labute approximate surface area is 126 Å². The summed E-state index contributed by atoms with van der Waals surface area (Å²) >= 11 is 3.29. The number of nitrogen functional groups attached to an aromatic ring is 1. The molecule has 1 aliphatic rings. The maximum atomic E-state index is 11.7. The predicted molar refractivity (Wildman–Crippen MR) is 82.8 cm³/mol. The Morgan fingerprint density at radius 3 is 3.05 bits per heavy atom. The number of nitrogens with two attached hydrogens (primary N) is 1. The molecule has 0 aliphatic carbocycles. The molecule has 0 radical (unpaired) electrons. The van der Waals surface area contributed by atoms with Gasteiger partial charge in [-0.1, -0.05) is 0 Å². The van der Waals surface area contributed by atoms with Gasteiger partial charge in [-0.15, -0.1) is 22.7 Å². The van der Waals surface area contributed by atoms with Crippen molar-refractivity contribution in [1.29, 1.82) is 0 Å². The Bertz CT molecular complexity index is 619. The van der Waals surface area contributed by atoms with E-state index in [-0.39, 0.29) is 5.91 Å². The first kappa shape index (κ1) is 13.8. The third kappa shape index (κ3) is 2.40. The molecule has 1 amide bonds. The van der Waals surface area contributed by atoms with Gasteiger partial charge in [0.1, 0.15) is 0 Å². The maximum Gasteiger partial charge on any atom is 0.275 e. The molecule has 0 fully saturated rings. The highest BCUT2D eigenvalue weighted by atomic mass is 32.1. The van der Waals surface area contributed by atoms with Crippen LogP contribution < -0.4 is 11.3 Å². The van der Waals surface area contributed by atoms with Crippen LogP contribution in [0.5, 0.6) is 0 Å². The van der Waals surface area contributed by atoms with Crippen molar-refractivity contribution in [2.75, 3.05) is 6.54 Å². The summed E-state index contributed by atoms with van der Waals surface area (Å²) in [6.07, 6.45) is 1.10. The normalized spacial score (nSPS) is 18.8. The van der Waals surface area contributed by atoms with Crippen molar-refractivity contribution >= 4 is 28.6 Å². The van der Waals surface area contributed by atoms with Crippen LogP contribution in [0.4, 0.5) is 0 Å². The quantitative estimate of drug-likeness (QED) is 0.520. The van der Waals surface area contributed by atoms with E-state index < -0.39 is 0 Å². The Hall–Kier alpha value is -1.21. The van der Waals surface area contributed by atoms with Gasteiger partial charge in [0.15, 0.2) is 0 Å². The van der Waals surface area contributed by atoms with Gasteiger partial charge in [0, 0.05) is 24.0 Å². The van der Waals surface area contributed by atoms with Crippen molar-refractivity contribution in [3.05, 3.63) is 43.8 Å². The van der Waals surface area contributed by atoms with E-state index in [0.717, 1.165) is 30.0 Å². The second-order valence-electron chi connectivity index (χ2n) is 4.94. The molecule has 1 unspecified atom stereocenters. The zero-order valence-electron chi connectivity index (χ0n) is 11.3. The van der Waals surface area contributed by atoms with Gasteiger partial charge < -0.3 is 0 Å². The van der Waals surface area contributed by atoms with Crippen LogP contribution in [0.15, 0.2) is 22.9 Å². The molecule has 3 N–H and O–H groups in total. The van der Waals surface area contributed by atoms with Crippen LogP contribution in [0, 0.1) is 0 Å². The molecule has 106 valence electrons. The summed E-state index contributed by atoms with van der Waals surface area (Å²) in [5.74, 6) is 5.04. The zero-order valence-corrected chi connectivity index (χ0v) is 12.9. The van der Waals surface area contributed by atoms with E-state index in [2.05, 4.69) is 28.7 Å². The Kier molecular flexibility index (Phi) is 3.89. The number of amides is 1. The second kappa shape index (κ2) is 5.65. The summed E-state index contributed by atoms with van der Waals surface area (Å²) in [7, 11) is 0. The number of rotatable bonds is 3. The summed E-state index contributed by atoms with van der Waals surface area (Å²) in [5, 5.41) is 4.12. The standard InChI is InChI=1S/C14H17N3OS2/c1-9-11-4-7-19-12(11)2-5-17(9)8-10-3-6-20-13(10)14(18)16-15/h3-4,6-7,9H,2,5,8,15H2,1H3,(H,16,18). The Morgan fingerprint density at radius 1 is 1.45 bits per heavy atom. The highest BCUT2D eigenvalue weighted by Crippen LogP contribution is 2.34. The first-order valence-corrected chi connectivity index (χ1v) is 8.34. The third-order valence-electron chi connectivity index (χ3n) is 3.86. The second-order valence-corrected chi connectivity index (χ2v) is 6.86. The average Bonchev–Trinajstić information content (AvgIpc) is 3.10. The van der Waals surface area contributed by atoms with E-state index >= 15 is 0 Å². The fourth-order valence-corrected chi connectivity index (χ4v) is 4.50. The van der Waals surface area contributed by atoms with Crippen molar-refractivity contribution in [2.24, 2.45) is 5.84 Å². The molecule has 6 heteroatoms. The number of carbonyl (C=O) groups is 1. The maximum absolute atomic E-state index is 11.7. The van der Waals surface area contributed by atoms with Crippen LogP contribution >= 0.6 is 22.7 Å². The van der Waals surface area contributed by atoms with E-state index in [1.165, 1.54) is 21.8 Å². The molecule has 0 spiro atoms. The van der Waals surface area contributed by atoms with E-state index in [4.69, 9.17) is 5.84 Å².